The zero-order valence-corrected chi connectivity index (χ0v) is 23.6. The molecule has 3 aromatic carbocycles. The Morgan fingerprint density at radius 3 is 2.05 bits per heavy atom. The zero-order chi connectivity index (χ0) is 28.6. The van der Waals surface area contributed by atoms with Crippen LogP contribution in [-0.2, 0) is 16.0 Å². The summed E-state index contributed by atoms with van der Waals surface area (Å²) in [7, 11) is 7.91. The van der Waals surface area contributed by atoms with Crippen LogP contribution in [0.4, 0.5) is 5.69 Å². The predicted molar refractivity (Wildman–Crippen MR) is 152 cm³/mol. The fourth-order valence-corrected chi connectivity index (χ4v) is 5.13. The Morgan fingerprint density at radius 2 is 1.43 bits per heavy atom. The number of hydrogen-bond acceptors (Lipinski definition) is 7. The minimum Gasteiger partial charge on any atom is -0.497 e. The number of carbonyl (C=O) groups excluding carboxylic acids is 2. The molecule has 1 aliphatic rings. The lowest BCUT2D eigenvalue weighted by atomic mass is 9.83. The van der Waals surface area contributed by atoms with Gasteiger partial charge in [-0.1, -0.05) is 12.1 Å². The van der Waals surface area contributed by atoms with Crippen LogP contribution in [0, 0.1) is 5.92 Å². The zero-order valence-electron chi connectivity index (χ0n) is 23.6. The van der Waals surface area contributed by atoms with Gasteiger partial charge in [0.25, 0.3) is 0 Å². The Kier molecular flexibility index (Phi) is 9.37. The van der Waals surface area contributed by atoms with E-state index in [-0.39, 0.29) is 18.2 Å². The molecule has 3 aromatic rings. The molecule has 1 heterocycles. The van der Waals surface area contributed by atoms with E-state index in [2.05, 4.69) is 5.32 Å². The van der Waals surface area contributed by atoms with Crippen molar-refractivity contribution in [2.24, 2.45) is 5.92 Å². The lowest BCUT2D eigenvalue weighted by Crippen LogP contribution is -2.48. The van der Waals surface area contributed by atoms with E-state index in [9.17, 15) is 9.59 Å². The largest absolute Gasteiger partial charge is 0.497 e. The van der Waals surface area contributed by atoms with Crippen molar-refractivity contribution in [2.75, 3.05) is 47.0 Å². The van der Waals surface area contributed by atoms with E-state index in [1.807, 2.05) is 42.5 Å². The molecule has 0 spiro atoms. The van der Waals surface area contributed by atoms with E-state index in [0.717, 1.165) is 11.1 Å². The number of nitrogens with one attached hydrogen (secondary N) is 1. The molecule has 9 nitrogen and oxygen atoms in total. The summed E-state index contributed by atoms with van der Waals surface area (Å²) in [5.74, 6) is 2.41. The highest BCUT2D eigenvalue weighted by atomic mass is 16.5. The summed E-state index contributed by atoms with van der Waals surface area (Å²) in [6, 6.07) is 18.0. The topological polar surface area (TPSA) is 95.6 Å². The number of amides is 2. The molecule has 0 saturated carbocycles. The smallest absolute Gasteiger partial charge is 0.227 e. The fourth-order valence-electron chi connectivity index (χ4n) is 5.13. The number of methoxy groups -OCH3 is 5. The first-order valence-electron chi connectivity index (χ1n) is 13.1. The maximum atomic E-state index is 13.7. The molecule has 4 rings (SSSR count). The van der Waals surface area contributed by atoms with Crippen molar-refractivity contribution >= 4 is 17.5 Å². The normalized spacial score (nSPS) is 16.7. The van der Waals surface area contributed by atoms with Gasteiger partial charge in [0, 0.05) is 18.7 Å². The standard InChI is InChI=1S/C31H36N2O7/c1-36-23-10-8-22(9-11-23)33-29(34)15-12-24(30(33)21-7-14-26(38-3)28(19-21)40-5)31(35)32-17-16-20-6-13-25(37-2)27(18-20)39-4/h6-11,13-14,18-19,24,30H,12,15-17H2,1-5H3,(H,32,35)/t24-,30-/m1/s1. The van der Waals surface area contributed by atoms with Crippen molar-refractivity contribution in [3.8, 4) is 28.7 Å². The van der Waals surface area contributed by atoms with Crippen LogP contribution < -0.4 is 33.9 Å². The van der Waals surface area contributed by atoms with Crippen molar-refractivity contribution < 1.29 is 33.3 Å². The second-order valence-electron chi connectivity index (χ2n) is 9.40. The molecule has 2 amide bonds. The summed E-state index contributed by atoms with van der Waals surface area (Å²) < 4.78 is 27.0. The van der Waals surface area contributed by atoms with E-state index in [4.69, 9.17) is 23.7 Å². The number of anilines is 1. The van der Waals surface area contributed by atoms with Gasteiger partial charge in [-0.3, -0.25) is 9.59 Å². The number of nitrogens with zero attached hydrogens (tertiary/aromatic N) is 1. The second kappa shape index (κ2) is 13.1. The summed E-state index contributed by atoms with van der Waals surface area (Å²) in [5, 5.41) is 3.10. The first kappa shape index (κ1) is 28.6. The van der Waals surface area contributed by atoms with E-state index >= 15 is 0 Å². The number of ether oxygens (including phenoxy) is 5. The summed E-state index contributed by atoms with van der Waals surface area (Å²) in [4.78, 5) is 28.8. The monoisotopic (exact) mass is 548 g/mol. The van der Waals surface area contributed by atoms with Crippen molar-refractivity contribution in [3.05, 3.63) is 71.8 Å². The van der Waals surface area contributed by atoms with Crippen LogP contribution in [0.15, 0.2) is 60.7 Å². The van der Waals surface area contributed by atoms with E-state index < -0.39 is 12.0 Å². The van der Waals surface area contributed by atoms with Crippen molar-refractivity contribution in [1.82, 2.24) is 5.32 Å². The summed E-state index contributed by atoms with van der Waals surface area (Å²) >= 11 is 0. The number of piperidine rings is 1. The molecule has 0 unspecified atom stereocenters. The molecule has 1 fully saturated rings. The predicted octanol–water partition coefficient (Wildman–Crippen LogP) is 4.57. The molecule has 1 saturated heterocycles. The van der Waals surface area contributed by atoms with Gasteiger partial charge in [0.2, 0.25) is 11.8 Å². The van der Waals surface area contributed by atoms with E-state index in [0.29, 0.717) is 53.8 Å². The number of rotatable bonds is 11. The maximum Gasteiger partial charge on any atom is 0.227 e. The molecular formula is C31H36N2O7. The van der Waals surface area contributed by atoms with Crippen LogP contribution >= 0.6 is 0 Å². The van der Waals surface area contributed by atoms with Crippen molar-refractivity contribution in [1.29, 1.82) is 0 Å². The minimum atomic E-state index is -0.546. The van der Waals surface area contributed by atoms with Crippen LogP contribution in [0.3, 0.4) is 0 Å². The highest BCUT2D eigenvalue weighted by molar-refractivity contribution is 5.97. The lowest BCUT2D eigenvalue weighted by molar-refractivity contribution is -0.129. The van der Waals surface area contributed by atoms with Gasteiger partial charge >= 0.3 is 0 Å². The van der Waals surface area contributed by atoms with Gasteiger partial charge < -0.3 is 33.9 Å². The molecule has 1 N–H and O–H groups in total. The van der Waals surface area contributed by atoms with Crippen LogP contribution in [0.1, 0.15) is 30.0 Å². The Hall–Kier alpha value is -4.40. The van der Waals surface area contributed by atoms with Crippen molar-refractivity contribution in [3.63, 3.8) is 0 Å². The molecule has 2 atom stereocenters. The Balaban J connectivity index is 1.62. The Morgan fingerprint density at radius 1 is 0.800 bits per heavy atom. The quantitative estimate of drug-likeness (QED) is 0.375. The first-order chi connectivity index (χ1) is 19.4. The molecule has 0 aromatic heterocycles. The fraction of sp³-hybridized carbons (Fsp3) is 0.355. The Bertz CT molecular complexity index is 1330. The molecular weight excluding hydrogens is 512 g/mol. The second-order valence-corrected chi connectivity index (χ2v) is 9.40. The molecule has 212 valence electrons. The van der Waals surface area contributed by atoms with Gasteiger partial charge in [-0.15, -0.1) is 0 Å². The number of carbonyl (C=O) groups is 2. The van der Waals surface area contributed by atoms with Gasteiger partial charge in [0.15, 0.2) is 23.0 Å². The molecule has 1 aliphatic heterocycles. The molecule has 9 heteroatoms. The van der Waals surface area contributed by atoms with Crippen LogP contribution in [-0.4, -0.2) is 53.9 Å². The minimum absolute atomic E-state index is 0.0562. The molecule has 40 heavy (non-hydrogen) atoms. The Labute approximate surface area is 234 Å². The van der Waals surface area contributed by atoms with Gasteiger partial charge in [0.1, 0.15) is 5.75 Å². The number of hydrogen-bond donors (Lipinski definition) is 1. The maximum absolute atomic E-state index is 13.7. The van der Waals surface area contributed by atoms with Crippen LogP contribution in [0.5, 0.6) is 28.7 Å². The van der Waals surface area contributed by atoms with Crippen LogP contribution in [0.25, 0.3) is 0 Å². The average Bonchev–Trinajstić information content (AvgIpc) is 3.00. The highest BCUT2D eigenvalue weighted by Crippen LogP contribution is 2.42. The van der Waals surface area contributed by atoms with Gasteiger partial charge in [0.05, 0.1) is 47.5 Å². The molecule has 0 radical (unpaired) electrons. The van der Waals surface area contributed by atoms with E-state index in [1.54, 1.807) is 58.6 Å². The summed E-state index contributed by atoms with van der Waals surface area (Å²) in [6.45, 7) is 0.431. The lowest BCUT2D eigenvalue weighted by Gasteiger charge is -2.41. The van der Waals surface area contributed by atoms with Gasteiger partial charge in [-0.2, -0.15) is 0 Å². The van der Waals surface area contributed by atoms with Gasteiger partial charge in [-0.05, 0) is 72.5 Å². The summed E-state index contributed by atoms with van der Waals surface area (Å²) in [5.41, 5.74) is 2.48. The van der Waals surface area contributed by atoms with Gasteiger partial charge in [-0.25, -0.2) is 0 Å². The van der Waals surface area contributed by atoms with Crippen molar-refractivity contribution in [2.45, 2.75) is 25.3 Å². The third-order valence-electron chi connectivity index (χ3n) is 7.19. The average molecular weight is 549 g/mol. The third kappa shape index (κ3) is 6.09. The molecule has 0 bridgehead atoms. The number of benzene rings is 3. The molecule has 0 aliphatic carbocycles. The summed E-state index contributed by atoms with van der Waals surface area (Å²) in [6.07, 6.45) is 1.29. The third-order valence-corrected chi connectivity index (χ3v) is 7.19. The highest BCUT2D eigenvalue weighted by Gasteiger charge is 2.41. The SMILES string of the molecule is COc1ccc(N2C(=O)CC[C@@H](C(=O)NCCc3ccc(OC)c(OC)c3)[C@H]2c2ccc(OC)c(OC)c2)cc1. The van der Waals surface area contributed by atoms with E-state index in [1.165, 1.54) is 0 Å². The van der Waals surface area contributed by atoms with Crippen LogP contribution in [0.2, 0.25) is 0 Å². The first-order valence-corrected chi connectivity index (χ1v) is 13.1.